The largest absolute Gasteiger partial charge is 0.416 e. The Balaban J connectivity index is 1.28. The van der Waals surface area contributed by atoms with Crippen molar-refractivity contribution >= 4 is 22.5 Å². The zero-order valence-corrected chi connectivity index (χ0v) is 18.6. The van der Waals surface area contributed by atoms with E-state index in [1.807, 2.05) is 11.0 Å². The first kappa shape index (κ1) is 22.6. The lowest BCUT2D eigenvalue weighted by molar-refractivity contribution is -0.137. The summed E-state index contributed by atoms with van der Waals surface area (Å²) in [6, 6.07) is 19.1. The molecule has 2 heterocycles. The molecule has 1 fully saturated rings. The van der Waals surface area contributed by atoms with E-state index < -0.39 is 11.7 Å². The quantitative estimate of drug-likeness (QED) is 0.439. The number of rotatable bonds is 3. The molecular weight excluding hydrogens is 457 g/mol. The minimum atomic E-state index is -4.39. The van der Waals surface area contributed by atoms with Gasteiger partial charge in [-0.05, 0) is 54.6 Å². The molecule has 5 rings (SSSR count). The molecule has 1 aromatic heterocycles. The Bertz CT molecular complexity index is 1440. The van der Waals surface area contributed by atoms with E-state index in [0.717, 1.165) is 12.1 Å². The first-order valence-corrected chi connectivity index (χ1v) is 11.1. The van der Waals surface area contributed by atoms with Crippen LogP contribution in [-0.4, -0.2) is 46.5 Å². The molecule has 1 amide bonds. The number of hydrogen-bond acceptors (Lipinski definition) is 4. The van der Waals surface area contributed by atoms with Crippen molar-refractivity contribution in [2.45, 2.75) is 6.18 Å². The number of amides is 1. The van der Waals surface area contributed by atoms with Crippen molar-refractivity contribution in [1.82, 2.24) is 14.5 Å². The van der Waals surface area contributed by atoms with Crippen LogP contribution in [0.3, 0.4) is 0 Å². The van der Waals surface area contributed by atoms with Crippen LogP contribution in [0.1, 0.15) is 15.9 Å². The predicted octanol–water partition coefficient (Wildman–Crippen LogP) is 4.37. The fraction of sp³-hybridized carbons (Fsp3) is 0.192. The van der Waals surface area contributed by atoms with E-state index in [-0.39, 0.29) is 11.5 Å². The van der Waals surface area contributed by atoms with E-state index in [1.165, 1.54) is 17.0 Å². The maximum Gasteiger partial charge on any atom is 0.416 e. The molecule has 1 aliphatic rings. The van der Waals surface area contributed by atoms with Crippen LogP contribution in [0.4, 0.5) is 18.9 Å². The van der Waals surface area contributed by atoms with Crippen molar-refractivity contribution < 1.29 is 18.0 Å². The van der Waals surface area contributed by atoms with Gasteiger partial charge in [0, 0.05) is 37.4 Å². The summed E-state index contributed by atoms with van der Waals surface area (Å²) in [5, 5.41) is 0.508. The monoisotopic (exact) mass is 478 g/mol. The normalized spacial score (nSPS) is 14.4. The van der Waals surface area contributed by atoms with Gasteiger partial charge in [-0.2, -0.15) is 13.2 Å². The fourth-order valence-corrected chi connectivity index (χ4v) is 4.25. The fourth-order valence-electron chi connectivity index (χ4n) is 4.25. The van der Waals surface area contributed by atoms with Crippen LogP contribution >= 0.6 is 0 Å². The number of anilines is 1. The third kappa shape index (κ3) is 4.49. The number of alkyl halides is 3. The average Bonchev–Trinajstić information content (AvgIpc) is 2.88. The van der Waals surface area contributed by atoms with Gasteiger partial charge in [0.1, 0.15) is 6.33 Å². The van der Waals surface area contributed by atoms with E-state index in [1.54, 1.807) is 53.4 Å². The van der Waals surface area contributed by atoms with Crippen molar-refractivity contribution in [3.63, 3.8) is 0 Å². The maximum absolute atomic E-state index is 13.0. The van der Waals surface area contributed by atoms with Gasteiger partial charge in [-0.15, -0.1) is 0 Å². The van der Waals surface area contributed by atoms with Gasteiger partial charge in [0.25, 0.3) is 11.5 Å². The molecule has 0 radical (unpaired) electrons. The van der Waals surface area contributed by atoms with Crippen LogP contribution in [0.25, 0.3) is 16.6 Å². The molecule has 6 nitrogen and oxygen atoms in total. The molecule has 0 aliphatic carbocycles. The number of fused-ring (bicyclic) bond motifs is 1. The first-order valence-electron chi connectivity index (χ1n) is 11.1. The van der Waals surface area contributed by atoms with Crippen LogP contribution in [0.15, 0.2) is 83.9 Å². The lowest BCUT2D eigenvalue weighted by Gasteiger charge is -2.36. The minimum Gasteiger partial charge on any atom is -0.368 e. The number of carbonyl (C=O) groups excluding carboxylic acids is 1. The third-order valence-electron chi connectivity index (χ3n) is 6.16. The standard InChI is InChI=1S/C26H21F3N4O2/c27-26(28,29)19-4-3-5-21(16-19)31-12-14-32(15-13-31)24(34)18-8-10-20(11-9-18)33-17-30-23-7-2-1-6-22(23)25(33)35/h1-11,16-17H,12-15H2. The van der Waals surface area contributed by atoms with Gasteiger partial charge < -0.3 is 9.80 Å². The summed E-state index contributed by atoms with van der Waals surface area (Å²) >= 11 is 0. The summed E-state index contributed by atoms with van der Waals surface area (Å²) in [4.78, 5) is 33.6. The number of para-hydroxylation sites is 1. The van der Waals surface area contributed by atoms with Crippen LogP contribution < -0.4 is 10.5 Å². The van der Waals surface area contributed by atoms with Crippen LogP contribution in [0, 0.1) is 0 Å². The van der Waals surface area contributed by atoms with Crippen molar-refractivity contribution in [2.75, 3.05) is 31.1 Å². The summed E-state index contributed by atoms with van der Waals surface area (Å²) < 4.78 is 40.5. The number of carbonyl (C=O) groups is 1. The van der Waals surface area contributed by atoms with Crippen LogP contribution in [0.5, 0.6) is 0 Å². The Hall–Kier alpha value is -4.14. The van der Waals surface area contributed by atoms with Crippen molar-refractivity contribution in [3.8, 4) is 5.69 Å². The third-order valence-corrected chi connectivity index (χ3v) is 6.16. The molecule has 4 aromatic rings. The second-order valence-electron chi connectivity index (χ2n) is 8.31. The van der Waals surface area contributed by atoms with E-state index in [0.29, 0.717) is 54.0 Å². The number of hydrogen-bond donors (Lipinski definition) is 0. The van der Waals surface area contributed by atoms with Gasteiger partial charge in [0.2, 0.25) is 0 Å². The Morgan fingerprint density at radius 1 is 0.829 bits per heavy atom. The number of aromatic nitrogens is 2. The van der Waals surface area contributed by atoms with Crippen molar-refractivity contribution in [2.24, 2.45) is 0 Å². The Kier molecular flexibility index (Phi) is 5.76. The topological polar surface area (TPSA) is 58.4 Å². The van der Waals surface area contributed by atoms with Crippen LogP contribution in [0.2, 0.25) is 0 Å². The lowest BCUT2D eigenvalue weighted by atomic mass is 10.1. The molecular formula is C26H21F3N4O2. The SMILES string of the molecule is O=C(c1ccc(-n2cnc3ccccc3c2=O)cc1)N1CCN(c2cccc(C(F)(F)F)c2)CC1. The van der Waals surface area contributed by atoms with E-state index in [4.69, 9.17) is 0 Å². The minimum absolute atomic E-state index is 0.163. The second kappa shape index (κ2) is 8.90. The molecule has 1 aliphatic heterocycles. The molecule has 0 saturated carbocycles. The molecule has 0 unspecified atom stereocenters. The maximum atomic E-state index is 13.0. The Morgan fingerprint density at radius 3 is 2.26 bits per heavy atom. The van der Waals surface area contributed by atoms with Crippen LogP contribution in [-0.2, 0) is 6.18 Å². The van der Waals surface area contributed by atoms with Crippen molar-refractivity contribution in [1.29, 1.82) is 0 Å². The zero-order chi connectivity index (χ0) is 24.6. The predicted molar refractivity (Wildman–Crippen MR) is 127 cm³/mol. The summed E-state index contributed by atoms with van der Waals surface area (Å²) in [6.07, 6.45) is -2.93. The van der Waals surface area contributed by atoms with Gasteiger partial charge in [0.15, 0.2) is 0 Å². The highest BCUT2D eigenvalue weighted by atomic mass is 19.4. The molecule has 178 valence electrons. The lowest BCUT2D eigenvalue weighted by Crippen LogP contribution is -2.48. The number of benzene rings is 3. The van der Waals surface area contributed by atoms with Gasteiger partial charge in [-0.1, -0.05) is 18.2 Å². The highest BCUT2D eigenvalue weighted by Gasteiger charge is 2.31. The highest BCUT2D eigenvalue weighted by molar-refractivity contribution is 5.94. The molecule has 1 saturated heterocycles. The zero-order valence-electron chi connectivity index (χ0n) is 18.6. The van der Waals surface area contributed by atoms with E-state index in [2.05, 4.69) is 4.98 Å². The summed E-state index contributed by atoms with van der Waals surface area (Å²) in [5.74, 6) is -0.163. The molecule has 3 aromatic carbocycles. The number of piperazine rings is 1. The van der Waals surface area contributed by atoms with Gasteiger partial charge in [-0.3, -0.25) is 14.2 Å². The van der Waals surface area contributed by atoms with E-state index >= 15 is 0 Å². The van der Waals surface area contributed by atoms with Gasteiger partial charge >= 0.3 is 6.18 Å². The summed E-state index contributed by atoms with van der Waals surface area (Å²) in [7, 11) is 0. The number of nitrogens with zero attached hydrogens (tertiary/aromatic N) is 4. The molecule has 0 spiro atoms. The second-order valence-corrected chi connectivity index (χ2v) is 8.31. The average molecular weight is 478 g/mol. The van der Waals surface area contributed by atoms with Gasteiger partial charge in [-0.25, -0.2) is 4.98 Å². The smallest absolute Gasteiger partial charge is 0.368 e. The number of halogens is 3. The van der Waals surface area contributed by atoms with Gasteiger partial charge in [0.05, 0.1) is 22.2 Å². The molecule has 35 heavy (non-hydrogen) atoms. The Labute approximate surface area is 198 Å². The summed E-state index contributed by atoms with van der Waals surface area (Å²) in [6.45, 7) is 1.66. The molecule has 9 heteroatoms. The molecule has 0 bridgehead atoms. The van der Waals surface area contributed by atoms with E-state index in [9.17, 15) is 22.8 Å². The molecule has 0 N–H and O–H groups in total. The highest BCUT2D eigenvalue weighted by Crippen LogP contribution is 2.32. The summed E-state index contributed by atoms with van der Waals surface area (Å²) in [5.41, 5.74) is 1.30. The Morgan fingerprint density at radius 2 is 1.54 bits per heavy atom. The molecule has 0 atom stereocenters. The van der Waals surface area contributed by atoms with Crippen molar-refractivity contribution in [3.05, 3.63) is 101 Å². The first-order chi connectivity index (χ1) is 16.8.